The molecule has 2 saturated heterocycles. The fraction of sp³-hybridized carbons (Fsp3) is 0.375. The van der Waals surface area contributed by atoms with Crippen molar-refractivity contribution in [1.82, 2.24) is 19.9 Å². The molecule has 0 spiro atoms. The average molecular weight is 447 g/mol. The molecular formula is C24H25N5O4. The van der Waals surface area contributed by atoms with E-state index in [1.807, 2.05) is 18.2 Å². The summed E-state index contributed by atoms with van der Waals surface area (Å²) in [5.74, 6) is 1.24. The predicted molar refractivity (Wildman–Crippen MR) is 122 cm³/mol. The molecule has 5 heterocycles. The monoisotopic (exact) mass is 447 g/mol. The number of aromatic nitrogens is 3. The normalized spacial score (nSPS) is 21.1. The second-order valence-electron chi connectivity index (χ2n) is 8.62. The van der Waals surface area contributed by atoms with Gasteiger partial charge in [0.25, 0.3) is 0 Å². The van der Waals surface area contributed by atoms with Crippen LogP contribution in [0, 0.1) is 0 Å². The molecule has 2 aliphatic rings. The number of rotatable bonds is 5. The van der Waals surface area contributed by atoms with E-state index >= 15 is 0 Å². The molecule has 0 saturated carbocycles. The summed E-state index contributed by atoms with van der Waals surface area (Å²) >= 11 is 0. The van der Waals surface area contributed by atoms with E-state index in [1.54, 1.807) is 16.8 Å². The van der Waals surface area contributed by atoms with Gasteiger partial charge in [-0.1, -0.05) is 6.07 Å². The standard InChI is InChI=1S/C24H25N5O4/c1-15-13-31-10-9-28(15)18-3-2-4-20-17(18)11-21(33-20)19-12-25-22-6-8-24(27-29(19)22)32-14-16-5-7-23(30)26-16/h2-4,6,8,11-12,15-16H,5,7,9-10,13-14H2,1H3,(H,26,30)/t15-,16-/m0/s1. The number of amides is 1. The molecule has 3 aromatic heterocycles. The molecule has 1 amide bonds. The first-order valence-electron chi connectivity index (χ1n) is 11.3. The number of ether oxygens (including phenoxy) is 2. The molecule has 33 heavy (non-hydrogen) atoms. The van der Waals surface area contributed by atoms with Gasteiger partial charge in [-0.3, -0.25) is 4.79 Å². The van der Waals surface area contributed by atoms with Gasteiger partial charge in [-0.2, -0.15) is 0 Å². The molecular weight excluding hydrogens is 422 g/mol. The highest BCUT2D eigenvalue weighted by molar-refractivity contribution is 5.94. The number of hydrogen-bond donors (Lipinski definition) is 1. The number of anilines is 1. The molecule has 4 aromatic rings. The van der Waals surface area contributed by atoms with E-state index in [0.29, 0.717) is 43.0 Å². The Hall–Kier alpha value is -3.59. The third kappa shape index (κ3) is 3.68. The minimum absolute atomic E-state index is 0.0219. The number of fused-ring (bicyclic) bond motifs is 2. The summed E-state index contributed by atoms with van der Waals surface area (Å²) in [7, 11) is 0. The minimum atomic E-state index is 0.0219. The number of benzene rings is 1. The predicted octanol–water partition coefficient (Wildman–Crippen LogP) is 3.03. The van der Waals surface area contributed by atoms with Crippen molar-refractivity contribution in [2.45, 2.75) is 31.8 Å². The maximum atomic E-state index is 11.4. The van der Waals surface area contributed by atoms with Crippen molar-refractivity contribution in [3.8, 4) is 17.3 Å². The van der Waals surface area contributed by atoms with Gasteiger partial charge in [-0.15, -0.1) is 5.10 Å². The van der Waals surface area contributed by atoms with Gasteiger partial charge in [0.2, 0.25) is 11.8 Å². The van der Waals surface area contributed by atoms with Gasteiger partial charge < -0.3 is 24.1 Å². The summed E-state index contributed by atoms with van der Waals surface area (Å²) in [4.78, 5) is 18.3. The van der Waals surface area contributed by atoms with Gasteiger partial charge in [-0.05, 0) is 37.6 Å². The van der Waals surface area contributed by atoms with Crippen molar-refractivity contribution in [2.75, 3.05) is 31.3 Å². The Labute approximate surface area is 190 Å². The fourth-order valence-electron chi connectivity index (χ4n) is 4.60. The van der Waals surface area contributed by atoms with Crippen LogP contribution in [0.15, 0.2) is 47.0 Å². The van der Waals surface area contributed by atoms with Crippen LogP contribution < -0.4 is 15.0 Å². The van der Waals surface area contributed by atoms with Crippen molar-refractivity contribution in [3.05, 3.63) is 42.6 Å². The molecule has 6 rings (SSSR count). The highest BCUT2D eigenvalue weighted by Gasteiger charge is 2.24. The summed E-state index contributed by atoms with van der Waals surface area (Å²) in [6.07, 6.45) is 3.09. The Kier molecular flexibility index (Phi) is 4.91. The first-order valence-corrected chi connectivity index (χ1v) is 11.3. The van der Waals surface area contributed by atoms with E-state index in [2.05, 4.69) is 39.4 Å². The number of furan rings is 1. The Morgan fingerprint density at radius 1 is 1.27 bits per heavy atom. The average Bonchev–Trinajstić information content (AvgIpc) is 3.55. The summed E-state index contributed by atoms with van der Waals surface area (Å²) in [5.41, 5.74) is 3.42. The SMILES string of the molecule is C[C@H]1COCCN1c1cccc2oc(-c3cnc4ccc(OC[C@@H]5CCC(=O)N5)nn34)cc12. The molecule has 0 radical (unpaired) electrons. The Morgan fingerprint density at radius 3 is 3.06 bits per heavy atom. The van der Waals surface area contributed by atoms with E-state index in [9.17, 15) is 4.79 Å². The van der Waals surface area contributed by atoms with Crippen LogP contribution in [0.2, 0.25) is 0 Å². The zero-order valence-corrected chi connectivity index (χ0v) is 18.4. The minimum Gasteiger partial charge on any atom is -0.474 e. The van der Waals surface area contributed by atoms with Crippen LogP contribution in [0.1, 0.15) is 19.8 Å². The van der Waals surface area contributed by atoms with E-state index in [-0.39, 0.29) is 11.9 Å². The van der Waals surface area contributed by atoms with Crippen molar-refractivity contribution in [1.29, 1.82) is 0 Å². The first kappa shape index (κ1) is 20.0. The highest BCUT2D eigenvalue weighted by atomic mass is 16.5. The molecule has 2 aliphatic heterocycles. The number of imidazole rings is 1. The van der Waals surface area contributed by atoms with Gasteiger partial charge in [-0.25, -0.2) is 9.50 Å². The van der Waals surface area contributed by atoms with Gasteiger partial charge in [0, 0.05) is 36.1 Å². The summed E-state index contributed by atoms with van der Waals surface area (Å²) in [6.45, 7) is 4.84. The number of carbonyl (C=O) groups excluding carboxylic acids is 1. The third-order valence-corrected chi connectivity index (χ3v) is 6.32. The number of nitrogens with one attached hydrogen (secondary N) is 1. The van der Waals surface area contributed by atoms with Crippen LogP contribution in [-0.4, -0.2) is 59.0 Å². The maximum Gasteiger partial charge on any atom is 0.231 e. The number of nitrogens with zero attached hydrogens (tertiary/aromatic N) is 4. The van der Waals surface area contributed by atoms with Gasteiger partial charge in [0.1, 0.15) is 17.9 Å². The van der Waals surface area contributed by atoms with Crippen LogP contribution in [0.3, 0.4) is 0 Å². The number of carbonyl (C=O) groups is 1. The van der Waals surface area contributed by atoms with Gasteiger partial charge >= 0.3 is 0 Å². The largest absolute Gasteiger partial charge is 0.474 e. The summed E-state index contributed by atoms with van der Waals surface area (Å²) in [6, 6.07) is 12.2. The van der Waals surface area contributed by atoms with E-state index < -0.39 is 0 Å². The summed E-state index contributed by atoms with van der Waals surface area (Å²) < 4.78 is 19.4. The second kappa shape index (κ2) is 8.08. The third-order valence-electron chi connectivity index (χ3n) is 6.32. The van der Waals surface area contributed by atoms with Crippen molar-refractivity contribution >= 4 is 28.2 Å². The first-order chi connectivity index (χ1) is 16.2. The highest BCUT2D eigenvalue weighted by Crippen LogP contribution is 2.35. The van der Waals surface area contributed by atoms with Gasteiger partial charge in [0.05, 0.1) is 25.5 Å². The molecule has 170 valence electrons. The Morgan fingerprint density at radius 2 is 2.21 bits per heavy atom. The van der Waals surface area contributed by atoms with E-state index in [1.165, 1.54) is 0 Å². The fourth-order valence-corrected chi connectivity index (χ4v) is 4.60. The van der Waals surface area contributed by atoms with Gasteiger partial charge in [0.15, 0.2) is 11.4 Å². The molecule has 2 atom stereocenters. The molecule has 9 heteroatoms. The van der Waals surface area contributed by atoms with E-state index in [4.69, 9.17) is 13.9 Å². The molecule has 0 bridgehead atoms. The number of hydrogen-bond acceptors (Lipinski definition) is 7. The number of morpholine rings is 1. The smallest absolute Gasteiger partial charge is 0.231 e. The zero-order chi connectivity index (χ0) is 22.4. The van der Waals surface area contributed by atoms with Crippen LogP contribution >= 0.6 is 0 Å². The van der Waals surface area contributed by atoms with Crippen molar-refractivity contribution in [3.63, 3.8) is 0 Å². The quantitative estimate of drug-likeness (QED) is 0.503. The van der Waals surface area contributed by atoms with Crippen LogP contribution in [0.4, 0.5) is 5.69 Å². The van der Waals surface area contributed by atoms with E-state index in [0.717, 1.165) is 41.9 Å². The lowest BCUT2D eigenvalue weighted by molar-refractivity contribution is -0.119. The molecule has 1 aromatic carbocycles. The Bertz CT molecular complexity index is 1330. The summed E-state index contributed by atoms with van der Waals surface area (Å²) in [5, 5.41) is 8.58. The molecule has 0 aliphatic carbocycles. The van der Waals surface area contributed by atoms with Crippen molar-refractivity contribution < 1.29 is 18.7 Å². The lowest BCUT2D eigenvalue weighted by Crippen LogP contribution is -2.43. The maximum absolute atomic E-state index is 11.4. The van der Waals surface area contributed by atoms with Crippen LogP contribution in [0.25, 0.3) is 28.1 Å². The molecule has 2 fully saturated rings. The van der Waals surface area contributed by atoms with Crippen LogP contribution in [0.5, 0.6) is 5.88 Å². The van der Waals surface area contributed by atoms with Crippen LogP contribution in [-0.2, 0) is 9.53 Å². The second-order valence-corrected chi connectivity index (χ2v) is 8.62. The Balaban J connectivity index is 1.32. The molecule has 0 unspecified atom stereocenters. The molecule has 9 nitrogen and oxygen atoms in total. The zero-order valence-electron chi connectivity index (χ0n) is 18.4. The lowest BCUT2D eigenvalue weighted by Gasteiger charge is -2.35. The molecule has 1 N–H and O–H groups in total. The topological polar surface area (TPSA) is 94.1 Å². The lowest BCUT2D eigenvalue weighted by atomic mass is 10.1. The van der Waals surface area contributed by atoms with Crippen molar-refractivity contribution in [2.24, 2.45) is 0 Å².